The van der Waals surface area contributed by atoms with Crippen LogP contribution in [0.4, 0.5) is 4.39 Å². The molecule has 0 aromatic heterocycles. The van der Waals surface area contributed by atoms with Gasteiger partial charge in [0.25, 0.3) is 5.91 Å². The van der Waals surface area contributed by atoms with Crippen LogP contribution in [0.15, 0.2) is 23.1 Å². The Hall–Kier alpha value is -1.03. The Labute approximate surface area is 112 Å². The van der Waals surface area contributed by atoms with Gasteiger partial charge >= 0.3 is 0 Å². The van der Waals surface area contributed by atoms with Crippen molar-refractivity contribution in [1.29, 1.82) is 0 Å². The van der Waals surface area contributed by atoms with Gasteiger partial charge in [-0.1, -0.05) is 0 Å². The molecule has 2 fully saturated rings. The molecule has 0 radical (unpaired) electrons. The molecule has 18 heavy (non-hydrogen) atoms. The number of carbonyl (C=O) groups is 1. The molecule has 0 atom stereocenters. The monoisotopic (exact) mass is 265 g/mol. The Balaban J connectivity index is 1.79. The maximum atomic E-state index is 13.2. The van der Waals surface area contributed by atoms with Gasteiger partial charge in [-0.3, -0.25) is 4.79 Å². The molecule has 2 nitrogen and oxygen atoms in total. The van der Waals surface area contributed by atoms with Crippen LogP contribution in [-0.4, -0.2) is 23.4 Å². The minimum atomic E-state index is -0.380. The summed E-state index contributed by atoms with van der Waals surface area (Å²) in [4.78, 5) is 14.6. The van der Waals surface area contributed by atoms with E-state index in [1.165, 1.54) is 25.0 Å². The normalized spacial score (nSPS) is 18.8. The molecule has 0 bridgehead atoms. The number of halogens is 1. The molecule has 0 aliphatic heterocycles. The summed E-state index contributed by atoms with van der Waals surface area (Å²) < 4.78 is 13.2. The van der Waals surface area contributed by atoms with Crippen LogP contribution in [0.2, 0.25) is 0 Å². The number of benzene rings is 1. The molecular formula is C14H16FNOS. The molecule has 96 valence electrons. The summed E-state index contributed by atoms with van der Waals surface area (Å²) in [5.74, 6) is 0.334. The summed E-state index contributed by atoms with van der Waals surface area (Å²) in [6.07, 6.45) is 4.68. The van der Waals surface area contributed by atoms with Crippen molar-refractivity contribution < 1.29 is 9.18 Å². The van der Waals surface area contributed by atoms with Gasteiger partial charge in [0, 0.05) is 23.0 Å². The topological polar surface area (TPSA) is 20.3 Å². The first-order valence-electron chi connectivity index (χ1n) is 6.44. The maximum absolute atomic E-state index is 13.2. The van der Waals surface area contributed by atoms with Gasteiger partial charge in [-0.2, -0.15) is 0 Å². The summed E-state index contributed by atoms with van der Waals surface area (Å²) in [5, 5.41) is 0. The first kappa shape index (κ1) is 12.0. The Kier molecular flexibility index (Phi) is 3.06. The lowest BCUT2D eigenvalue weighted by atomic mass is 10.2. The number of nitrogens with zero attached hydrogens (tertiary/aromatic N) is 1. The minimum absolute atomic E-state index is 0.0275. The van der Waals surface area contributed by atoms with Gasteiger partial charge < -0.3 is 4.90 Å². The fraction of sp³-hybridized carbons (Fsp3) is 0.500. The number of hydrogen-bond acceptors (Lipinski definition) is 2. The predicted molar refractivity (Wildman–Crippen MR) is 70.4 cm³/mol. The van der Waals surface area contributed by atoms with Crippen molar-refractivity contribution >= 4 is 18.5 Å². The molecule has 0 saturated heterocycles. The molecule has 2 aliphatic carbocycles. The van der Waals surface area contributed by atoms with E-state index in [0.29, 0.717) is 17.5 Å². The first-order valence-corrected chi connectivity index (χ1v) is 6.89. The Morgan fingerprint density at radius 1 is 1.33 bits per heavy atom. The van der Waals surface area contributed by atoms with Crippen LogP contribution >= 0.6 is 12.6 Å². The number of amides is 1. The average molecular weight is 265 g/mol. The molecule has 3 rings (SSSR count). The van der Waals surface area contributed by atoms with Gasteiger partial charge in [0.05, 0.1) is 0 Å². The molecule has 0 unspecified atom stereocenters. The molecule has 0 spiro atoms. The SMILES string of the molecule is O=C(c1ccc(F)c(S)c1)N(CC1CC1)C1CC1. The molecule has 4 heteroatoms. The lowest BCUT2D eigenvalue weighted by Crippen LogP contribution is -2.34. The Bertz CT molecular complexity index is 483. The van der Waals surface area contributed by atoms with Crippen molar-refractivity contribution in [3.8, 4) is 0 Å². The van der Waals surface area contributed by atoms with E-state index in [0.717, 1.165) is 19.4 Å². The molecule has 1 aromatic carbocycles. The second-order valence-electron chi connectivity index (χ2n) is 5.30. The third-order valence-electron chi connectivity index (χ3n) is 3.59. The largest absolute Gasteiger partial charge is 0.335 e. The van der Waals surface area contributed by atoms with Crippen molar-refractivity contribution in [1.82, 2.24) is 4.90 Å². The zero-order valence-corrected chi connectivity index (χ0v) is 11.0. The van der Waals surface area contributed by atoms with Crippen LogP contribution in [0.25, 0.3) is 0 Å². The molecule has 2 saturated carbocycles. The third kappa shape index (κ3) is 2.53. The highest BCUT2D eigenvalue weighted by Gasteiger charge is 2.36. The number of rotatable bonds is 4. The van der Waals surface area contributed by atoms with Crippen LogP contribution in [0.1, 0.15) is 36.0 Å². The summed E-state index contributed by atoms with van der Waals surface area (Å²) >= 11 is 4.03. The smallest absolute Gasteiger partial charge is 0.254 e. The highest BCUT2D eigenvalue weighted by atomic mass is 32.1. The number of carbonyl (C=O) groups excluding carboxylic acids is 1. The summed E-state index contributed by atoms with van der Waals surface area (Å²) in [6, 6.07) is 4.81. The van der Waals surface area contributed by atoms with Gasteiger partial charge in [-0.05, 0) is 49.8 Å². The average Bonchev–Trinajstić information content (AvgIpc) is 3.22. The lowest BCUT2D eigenvalue weighted by molar-refractivity contribution is 0.0734. The van der Waals surface area contributed by atoms with Crippen LogP contribution in [-0.2, 0) is 0 Å². The van der Waals surface area contributed by atoms with E-state index in [9.17, 15) is 9.18 Å². The van der Waals surface area contributed by atoms with E-state index in [1.54, 1.807) is 6.07 Å². The van der Waals surface area contributed by atoms with Gasteiger partial charge in [-0.25, -0.2) is 4.39 Å². The molecule has 2 aliphatic rings. The van der Waals surface area contributed by atoms with E-state index in [2.05, 4.69) is 12.6 Å². The van der Waals surface area contributed by atoms with Gasteiger partial charge in [-0.15, -0.1) is 12.6 Å². The van der Waals surface area contributed by atoms with E-state index >= 15 is 0 Å². The minimum Gasteiger partial charge on any atom is -0.335 e. The van der Waals surface area contributed by atoms with Crippen LogP contribution < -0.4 is 0 Å². The molecule has 0 heterocycles. The van der Waals surface area contributed by atoms with Gasteiger partial charge in [0.15, 0.2) is 0 Å². The Morgan fingerprint density at radius 3 is 2.61 bits per heavy atom. The molecule has 1 amide bonds. The number of hydrogen-bond donors (Lipinski definition) is 1. The summed E-state index contributed by atoms with van der Waals surface area (Å²) in [7, 11) is 0. The molecule has 1 aromatic rings. The van der Waals surface area contributed by atoms with E-state index in [-0.39, 0.29) is 16.6 Å². The maximum Gasteiger partial charge on any atom is 0.254 e. The van der Waals surface area contributed by atoms with Crippen molar-refractivity contribution in [3.63, 3.8) is 0 Å². The van der Waals surface area contributed by atoms with Gasteiger partial charge in [0.1, 0.15) is 5.82 Å². The van der Waals surface area contributed by atoms with E-state index < -0.39 is 0 Å². The first-order chi connectivity index (χ1) is 8.65. The fourth-order valence-electron chi connectivity index (χ4n) is 2.17. The fourth-order valence-corrected chi connectivity index (χ4v) is 2.39. The highest BCUT2D eigenvalue weighted by molar-refractivity contribution is 7.80. The third-order valence-corrected chi connectivity index (χ3v) is 3.94. The van der Waals surface area contributed by atoms with Crippen LogP contribution in [0.5, 0.6) is 0 Å². The lowest BCUT2D eigenvalue weighted by Gasteiger charge is -2.22. The second-order valence-corrected chi connectivity index (χ2v) is 5.78. The zero-order chi connectivity index (χ0) is 12.7. The highest BCUT2D eigenvalue weighted by Crippen LogP contribution is 2.35. The van der Waals surface area contributed by atoms with E-state index in [4.69, 9.17) is 0 Å². The Morgan fingerprint density at radius 2 is 2.06 bits per heavy atom. The van der Waals surface area contributed by atoms with Crippen LogP contribution in [0.3, 0.4) is 0 Å². The van der Waals surface area contributed by atoms with Gasteiger partial charge in [0.2, 0.25) is 0 Å². The van der Waals surface area contributed by atoms with Crippen molar-refractivity contribution in [3.05, 3.63) is 29.6 Å². The number of thiol groups is 1. The summed E-state index contributed by atoms with van der Waals surface area (Å²) in [5.41, 5.74) is 0.550. The van der Waals surface area contributed by atoms with E-state index in [1.807, 2.05) is 4.90 Å². The quantitative estimate of drug-likeness (QED) is 0.829. The zero-order valence-electron chi connectivity index (χ0n) is 10.1. The van der Waals surface area contributed by atoms with Crippen molar-refractivity contribution in [2.24, 2.45) is 5.92 Å². The summed E-state index contributed by atoms with van der Waals surface area (Å²) in [6.45, 7) is 0.864. The van der Waals surface area contributed by atoms with Crippen molar-refractivity contribution in [2.75, 3.05) is 6.54 Å². The molecular weight excluding hydrogens is 249 g/mol. The second kappa shape index (κ2) is 4.57. The standard InChI is InChI=1S/C14H16FNOS/c15-12-6-3-10(7-13(12)18)14(17)16(11-4-5-11)8-9-1-2-9/h3,6-7,9,11,18H,1-2,4-5,8H2. The van der Waals surface area contributed by atoms with Crippen LogP contribution in [0, 0.1) is 11.7 Å². The molecule has 0 N–H and O–H groups in total. The predicted octanol–water partition coefficient (Wildman–Crippen LogP) is 3.13. The van der Waals surface area contributed by atoms with Crippen molar-refractivity contribution in [2.45, 2.75) is 36.6 Å².